The molecular weight excluding hydrogens is 679 g/mol. The summed E-state index contributed by atoms with van der Waals surface area (Å²) in [5.74, 6) is 0. The third kappa shape index (κ3) is 4.57. The van der Waals surface area contributed by atoms with Crippen LogP contribution < -0.4 is 0 Å². The second-order valence-corrected chi connectivity index (χ2v) is 14.8. The maximum atomic E-state index is 6.28. The Kier molecular flexibility index (Phi) is 6.66. The van der Waals surface area contributed by atoms with E-state index < -0.39 is 0 Å². The molecule has 12 rings (SSSR count). The van der Waals surface area contributed by atoms with Crippen molar-refractivity contribution in [3.63, 3.8) is 0 Å². The van der Waals surface area contributed by atoms with Crippen molar-refractivity contribution in [3.05, 3.63) is 200 Å². The van der Waals surface area contributed by atoms with Gasteiger partial charge in [0, 0.05) is 27.2 Å². The molecule has 2 heteroatoms. The summed E-state index contributed by atoms with van der Waals surface area (Å²) >= 11 is 0. The Balaban J connectivity index is 1.20. The van der Waals surface area contributed by atoms with E-state index in [1.165, 1.54) is 83.0 Å². The summed E-state index contributed by atoms with van der Waals surface area (Å²) in [5.41, 5.74) is 19.9. The van der Waals surface area contributed by atoms with Gasteiger partial charge in [-0.2, -0.15) is 0 Å². The van der Waals surface area contributed by atoms with Crippen molar-refractivity contribution in [2.45, 2.75) is 0 Å². The molecule has 1 aliphatic carbocycles. The standard InChI is InChI=1S/C54H33NO/c1-2-14-37(15-3-1)55-50-24-12-10-21-43(50)47-31-35(26-28-51(47)55)46-32-36(34-27-29-53-48(30-34)44-22-11-13-25-52(44)56-53)33-49-42-20-7-6-18-40(42)38-16-4-5-17-39(38)41-19-8-9-23-45(41)54(46)49/h1-33H. The van der Waals surface area contributed by atoms with Crippen molar-refractivity contribution < 1.29 is 4.42 Å². The van der Waals surface area contributed by atoms with E-state index in [2.05, 4.69) is 199 Å². The molecule has 0 fully saturated rings. The van der Waals surface area contributed by atoms with Crippen LogP contribution in [0.15, 0.2) is 205 Å². The lowest BCUT2D eigenvalue weighted by Gasteiger charge is -2.26. The smallest absolute Gasteiger partial charge is 0.135 e. The summed E-state index contributed by atoms with van der Waals surface area (Å²) in [7, 11) is 0. The van der Waals surface area contributed by atoms with Crippen molar-refractivity contribution in [1.29, 1.82) is 0 Å². The lowest BCUT2D eigenvalue weighted by atomic mass is 9.77. The molecular formula is C54H33NO. The molecule has 2 nitrogen and oxygen atoms in total. The van der Waals surface area contributed by atoms with Crippen LogP contribution in [-0.2, 0) is 0 Å². The fourth-order valence-electron chi connectivity index (χ4n) is 9.28. The van der Waals surface area contributed by atoms with Crippen LogP contribution in [0.1, 0.15) is 0 Å². The van der Waals surface area contributed by atoms with Crippen LogP contribution in [0.25, 0.3) is 116 Å². The van der Waals surface area contributed by atoms with Crippen LogP contribution in [0, 0.1) is 0 Å². The minimum Gasteiger partial charge on any atom is -0.456 e. The van der Waals surface area contributed by atoms with E-state index in [-0.39, 0.29) is 0 Å². The van der Waals surface area contributed by atoms with E-state index >= 15 is 0 Å². The SMILES string of the molecule is c1ccc(-n2c3ccccc3c3cc(-c4cc(-c5ccc6oc7ccccc7c6c5)cc5c4-c4ccccc4-c4ccccc4-c4ccccc4-5)ccc32)cc1. The molecule has 9 aromatic carbocycles. The zero-order valence-corrected chi connectivity index (χ0v) is 30.4. The largest absolute Gasteiger partial charge is 0.456 e. The highest BCUT2D eigenvalue weighted by Gasteiger charge is 2.26. The summed E-state index contributed by atoms with van der Waals surface area (Å²) in [6.07, 6.45) is 0. The molecule has 0 spiro atoms. The Bertz CT molecular complexity index is 3360. The summed E-state index contributed by atoms with van der Waals surface area (Å²) in [6, 6.07) is 73.1. The molecule has 2 heterocycles. The average Bonchev–Trinajstić information content (AvgIpc) is 3.81. The predicted molar refractivity (Wildman–Crippen MR) is 234 cm³/mol. The van der Waals surface area contributed by atoms with E-state index in [4.69, 9.17) is 4.42 Å². The molecule has 0 saturated heterocycles. The Morgan fingerprint density at radius 3 is 1.55 bits per heavy atom. The van der Waals surface area contributed by atoms with Gasteiger partial charge < -0.3 is 8.98 Å². The summed E-state index contributed by atoms with van der Waals surface area (Å²) < 4.78 is 8.68. The number of benzene rings is 9. The number of fused-ring (bicyclic) bond motifs is 14. The van der Waals surface area contributed by atoms with Crippen LogP contribution in [0.2, 0.25) is 0 Å². The van der Waals surface area contributed by atoms with Gasteiger partial charge in [-0.15, -0.1) is 0 Å². The Hall–Kier alpha value is -7.42. The van der Waals surface area contributed by atoms with Gasteiger partial charge in [-0.25, -0.2) is 0 Å². The molecule has 0 aliphatic heterocycles. The zero-order chi connectivity index (χ0) is 36.7. The topological polar surface area (TPSA) is 18.1 Å². The van der Waals surface area contributed by atoms with E-state index in [9.17, 15) is 0 Å². The second-order valence-electron chi connectivity index (χ2n) is 14.8. The summed E-state index contributed by atoms with van der Waals surface area (Å²) in [6.45, 7) is 0. The Labute approximate surface area is 324 Å². The highest BCUT2D eigenvalue weighted by molar-refractivity contribution is 6.13. The lowest BCUT2D eigenvalue weighted by molar-refractivity contribution is 0.669. The van der Waals surface area contributed by atoms with Crippen LogP contribution in [0.4, 0.5) is 0 Å². The number of hydrogen-bond donors (Lipinski definition) is 0. The predicted octanol–water partition coefficient (Wildman–Crippen LogP) is 15.0. The Morgan fingerprint density at radius 2 is 0.804 bits per heavy atom. The van der Waals surface area contributed by atoms with E-state index in [0.717, 1.165) is 33.2 Å². The maximum Gasteiger partial charge on any atom is 0.135 e. The van der Waals surface area contributed by atoms with E-state index in [0.29, 0.717) is 0 Å². The van der Waals surface area contributed by atoms with Crippen LogP contribution in [0.3, 0.4) is 0 Å². The van der Waals surface area contributed by atoms with Crippen molar-refractivity contribution >= 4 is 43.7 Å². The van der Waals surface area contributed by atoms with Gasteiger partial charge in [-0.3, -0.25) is 0 Å². The molecule has 1 aliphatic rings. The molecule has 0 atom stereocenters. The number of rotatable bonds is 3. The van der Waals surface area contributed by atoms with Crippen LogP contribution in [0.5, 0.6) is 0 Å². The first-order chi connectivity index (χ1) is 27.8. The minimum atomic E-state index is 0.901. The van der Waals surface area contributed by atoms with Gasteiger partial charge in [-0.05, 0) is 127 Å². The van der Waals surface area contributed by atoms with Gasteiger partial charge in [0.2, 0.25) is 0 Å². The van der Waals surface area contributed by atoms with Gasteiger partial charge in [0.05, 0.1) is 11.0 Å². The number of aromatic nitrogens is 1. The summed E-state index contributed by atoms with van der Waals surface area (Å²) in [4.78, 5) is 0. The van der Waals surface area contributed by atoms with Gasteiger partial charge in [-0.1, -0.05) is 140 Å². The van der Waals surface area contributed by atoms with Gasteiger partial charge in [0.1, 0.15) is 11.2 Å². The maximum absolute atomic E-state index is 6.28. The fraction of sp³-hybridized carbons (Fsp3) is 0. The summed E-state index contributed by atoms with van der Waals surface area (Å²) in [5, 5.41) is 4.73. The molecule has 0 amide bonds. The number of furan rings is 1. The molecule has 56 heavy (non-hydrogen) atoms. The van der Waals surface area contributed by atoms with Crippen molar-refractivity contribution in [3.8, 4) is 72.4 Å². The normalized spacial score (nSPS) is 11.9. The van der Waals surface area contributed by atoms with Gasteiger partial charge >= 0.3 is 0 Å². The van der Waals surface area contributed by atoms with Gasteiger partial charge in [0.15, 0.2) is 0 Å². The van der Waals surface area contributed by atoms with Crippen molar-refractivity contribution in [1.82, 2.24) is 4.57 Å². The zero-order valence-electron chi connectivity index (χ0n) is 30.4. The molecule has 260 valence electrons. The Morgan fingerprint density at radius 1 is 0.286 bits per heavy atom. The molecule has 0 radical (unpaired) electrons. The van der Waals surface area contributed by atoms with Gasteiger partial charge in [0.25, 0.3) is 0 Å². The van der Waals surface area contributed by atoms with Crippen LogP contribution in [-0.4, -0.2) is 4.57 Å². The third-order valence-electron chi connectivity index (χ3n) is 11.8. The first kappa shape index (κ1) is 31.0. The fourth-order valence-corrected chi connectivity index (χ4v) is 9.28. The quantitative estimate of drug-likeness (QED) is 0.178. The van der Waals surface area contributed by atoms with E-state index in [1.54, 1.807) is 0 Å². The first-order valence-electron chi connectivity index (χ1n) is 19.3. The van der Waals surface area contributed by atoms with Crippen LogP contribution >= 0.6 is 0 Å². The number of hydrogen-bond acceptors (Lipinski definition) is 1. The second kappa shape index (κ2) is 12.0. The monoisotopic (exact) mass is 711 g/mol. The molecule has 0 N–H and O–H groups in total. The highest BCUT2D eigenvalue weighted by Crippen LogP contribution is 2.52. The van der Waals surface area contributed by atoms with Crippen molar-refractivity contribution in [2.75, 3.05) is 0 Å². The number of para-hydroxylation sites is 3. The first-order valence-corrected chi connectivity index (χ1v) is 19.3. The van der Waals surface area contributed by atoms with Crippen molar-refractivity contribution in [2.24, 2.45) is 0 Å². The lowest BCUT2D eigenvalue weighted by Crippen LogP contribution is -1.99. The minimum absolute atomic E-state index is 0.901. The highest BCUT2D eigenvalue weighted by atomic mass is 16.3. The molecule has 0 saturated carbocycles. The molecule has 0 unspecified atom stereocenters. The average molecular weight is 712 g/mol. The third-order valence-corrected chi connectivity index (χ3v) is 11.8. The van der Waals surface area contributed by atoms with E-state index in [1.807, 2.05) is 6.07 Å². The number of nitrogens with zero attached hydrogens (tertiary/aromatic N) is 1. The molecule has 0 bridgehead atoms. The molecule has 2 aromatic heterocycles. The molecule has 11 aromatic rings.